The van der Waals surface area contributed by atoms with Gasteiger partial charge in [0.1, 0.15) is 11.6 Å². The Balaban J connectivity index is 1.25. The highest BCUT2D eigenvalue weighted by Crippen LogP contribution is 2.21. The van der Waals surface area contributed by atoms with Crippen molar-refractivity contribution in [3.63, 3.8) is 0 Å². The number of carbonyl (C=O) groups excluding carboxylic acids is 2. The molecule has 0 aliphatic carbocycles. The molecule has 9 heteroatoms. The monoisotopic (exact) mass is 462 g/mol. The van der Waals surface area contributed by atoms with Crippen LogP contribution in [0, 0.1) is 11.6 Å². The molecule has 2 aromatic rings. The van der Waals surface area contributed by atoms with E-state index < -0.39 is 5.82 Å². The molecule has 0 saturated carbocycles. The Morgan fingerprint density at radius 3 is 2.16 bits per heavy atom. The maximum Gasteiger partial charge on any atom is 0.256 e. The molecule has 32 heavy (non-hydrogen) atoms. The zero-order chi connectivity index (χ0) is 22.7. The lowest BCUT2D eigenvalue weighted by molar-refractivity contribution is -0.133. The Bertz CT molecular complexity index is 990. The van der Waals surface area contributed by atoms with E-state index in [4.69, 9.17) is 11.6 Å². The fourth-order valence-corrected chi connectivity index (χ4v) is 4.31. The molecule has 0 atom stereocenters. The second kappa shape index (κ2) is 9.83. The van der Waals surface area contributed by atoms with Crippen molar-refractivity contribution in [3.05, 3.63) is 64.7 Å². The molecule has 2 saturated heterocycles. The van der Waals surface area contributed by atoms with Gasteiger partial charge in [-0.2, -0.15) is 0 Å². The molecule has 0 unspecified atom stereocenters. The minimum Gasteiger partial charge on any atom is -0.366 e. The second-order valence-electron chi connectivity index (χ2n) is 8.01. The summed E-state index contributed by atoms with van der Waals surface area (Å²) in [6.07, 6.45) is 0. The molecular weight excluding hydrogens is 438 g/mol. The molecule has 2 aromatic carbocycles. The fourth-order valence-electron chi connectivity index (χ4n) is 4.14. The minimum atomic E-state index is -0.591. The van der Waals surface area contributed by atoms with Crippen LogP contribution in [-0.2, 0) is 4.79 Å². The van der Waals surface area contributed by atoms with Gasteiger partial charge in [0.05, 0.1) is 17.8 Å². The lowest BCUT2D eigenvalue weighted by atomic mass is 10.1. The van der Waals surface area contributed by atoms with E-state index in [0.29, 0.717) is 63.1 Å². The van der Waals surface area contributed by atoms with E-state index in [1.54, 1.807) is 28.0 Å². The van der Waals surface area contributed by atoms with Crippen LogP contribution in [0.4, 0.5) is 14.5 Å². The van der Waals surface area contributed by atoms with Crippen LogP contribution in [0.15, 0.2) is 42.5 Å². The number of para-hydroxylation sites is 1. The topological polar surface area (TPSA) is 47.1 Å². The quantitative estimate of drug-likeness (QED) is 0.701. The SMILES string of the molecule is O=C(CN1CCN(C(=O)c2cc(Cl)ccc2F)CC1)N1CCN(c2ccccc2F)CC1. The predicted octanol–water partition coefficient (Wildman–Crippen LogP) is 2.72. The van der Waals surface area contributed by atoms with Crippen molar-refractivity contribution in [2.75, 3.05) is 63.8 Å². The van der Waals surface area contributed by atoms with Gasteiger partial charge in [-0.15, -0.1) is 0 Å². The van der Waals surface area contributed by atoms with Crippen molar-refractivity contribution in [2.45, 2.75) is 0 Å². The first-order valence-corrected chi connectivity index (χ1v) is 11.0. The Morgan fingerprint density at radius 1 is 0.812 bits per heavy atom. The standard InChI is InChI=1S/C23H25ClF2N4O2/c24-17-5-6-19(25)18(15-17)23(32)30-9-7-27(8-10-30)16-22(31)29-13-11-28(12-14-29)21-4-2-1-3-20(21)26/h1-6,15H,7-14,16H2. The van der Waals surface area contributed by atoms with Gasteiger partial charge in [0.2, 0.25) is 5.91 Å². The molecule has 2 aliphatic heterocycles. The van der Waals surface area contributed by atoms with Gasteiger partial charge in [-0.3, -0.25) is 14.5 Å². The van der Waals surface area contributed by atoms with Crippen LogP contribution in [0.25, 0.3) is 0 Å². The average Bonchev–Trinajstić information content (AvgIpc) is 2.81. The summed E-state index contributed by atoms with van der Waals surface area (Å²) in [5.41, 5.74) is 0.534. The summed E-state index contributed by atoms with van der Waals surface area (Å²) < 4.78 is 28.0. The van der Waals surface area contributed by atoms with Crippen molar-refractivity contribution in [1.29, 1.82) is 0 Å². The zero-order valence-electron chi connectivity index (χ0n) is 17.6. The molecule has 2 fully saturated rings. The first kappa shape index (κ1) is 22.5. The number of hydrogen-bond acceptors (Lipinski definition) is 4. The number of amides is 2. The highest BCUT2D eigenvalue weighted by molar-refractivity contribution is 6.31. The van der Waals surface area contributed by atoms with Gasteiger partial charge in [0.25, 0.3) is 5.91 Å². The van der Waals surface area contributed by atoms with Crippen LogP contribution in [-0.4, -0.2) is 85.4 Å². The molecular formula is C23H25ClF2N4O2. The van der Waals surface area contributed by atoms with Gasteiger partial charge in [-0.05, 0) is 30.3 Å². The van der Waals surface area contributed by atoms with Crippen molar-refractivity contribution >= 4 is 29.1 Å². The van der Waals surface area contributed by atoms with Crippen LogP contribution >= 0.6 is 11.6 Å². The van der Waals surface area contributed by atoms with Crippen LogP contribution < -0.4 is 4.90 Å². The van der Waals surface area contributed by atoms with Crippen LogP contribution in [0.3, 0.4) is 0 Å². The molecule has 0 aromatic heterocycles. The zero-order valence-corrected chi connectivity index (χ0v) is 18.4. The Hall–Kier alpha value is -2.71. The number of piperazine rings is 2. The van der Waals surface area contributed by atoms with Crippen LogP contribution in [0.2, 0.25) is 5.02 Å². The third-order valence-corrected chi connectivity index (χ3v) is 6.24. The minimum absolute atomic E-state index is 0.0267. The second-order valence-corrected chi connectivity index (χ2v) is 8.45. The molecule has 0 bridgehead atoms. The van der Waals surface area contributed by atoms with Crippen LogP contribution in [0.5, 0.6) is 0 Å². The smallest absolute Gasteiger partial charge is 0.256 e. The summed E-state index contributed by atoms with van der Waals surface area (Å²) in [4.78, 5) is 32.7. The van der Waals surface area contributed by atoms with E-state index in [1.165, 1.54) is 24.3 Å². The number of benzene rings is 2. The van der Waals surface area contributed by atoms with E-state index in [0.717, 1.165) is 0 Å². The molecule has 2 heterocycles. The average molecular weight is 463 g/mol. The van der Waals surface area contributed by atoms with Crippen molar-refractivity contribution in [3.8, 4) is 0 Å². The molecule has 2 aliphatic rings. The van der Waals surface area contributed by atoms with Gasteiger partial charge in [0, 0.05) is 57.4 Å². The van der Waals surface area contributed by atoms with Crippen molar-refractivity contribution < 1.29 is 18.4 Å². The number of anilines is 1. The predicted molar refractivity (Wildman–Crippen MR) is 119 cm³/mol. The number of nitrogens with zero attached hydrogens (tertiary/aromatic N) is 4. The van der Waals surface area contributed by atoms with Crippen LogP contribution in [0.1, 0.15) is 10.4 Å². The van der Waals surface area contributed by atoms with Gasteiger partial charge < -0.3 is 14.7 Å². The Labute approximate surface area is 190 Å². The van der Waals surface area contributed by atoms with Gasteiger partial charge >= 0.3 is 0 Å². The molecule has 0 spiro atoms. The van der Waals surface area contributed by atoms with E-state index >= 15 is 0 Å². The van der Waals surface area contributed by atoms with E-state index in [1.807, 2.05) is 9.80 Å². The van der Waals surface area contributed by atoms with Crippen molar-refractivity contribution in [2.24, 2.45) is 0 Å². The van der Waals surface area contributed by atoms with E-state index in [-0.39, 0.29) is 29.7 Å². The number of hydrogen-bond donors (Lipinski definition) is 0. The largest absolute Gasteiger partial charge is 0.366 e. The Morgan fingerprint density at radius 2 is 1.47 bits per heavy atom. The summed E-state index contributed by atoms with van der Waals surface area (Å²) >= 11 is 5.90. The number of rotatable bonds is 4. The van der Waals surface area contributed by atoms with Crippen molar-refractivity contribution in [1.82, 2.24) is 14.7 Å². The first-order chi connectivity index (χ1) is 15.4. The van der Waals surface area contributed by atoms with E-state index in [9.17, 15) is 18.4 Å². The summed E-state index contributed by atoms with van der Waals surface area (Å²) in [6.45, 7) is 4.43. The first-order valence-electron chi connectivity index (χ1n) is 10.7. The number of carbonyl (C=O) groups is 2. The highest BCUT2D eigenvalue weighted by Gasteiger charge is 2.28. The summed E-state index contributed by atoms with van der Waals surface area (Å²) in [7, 11) is 0. The molecule has 4 rings (SSSR count). The normalized spacial score (nSPS) is 17.5. The Kier molecular flexibility index (Phi) is 6.91. The molecule has 6 nitrogen and oxygen atoms in total. The highest BCUT2D eigenvalue weighted by atomic mass is 35.5. The summed E-state index contributed by atoms with van der Waals surface area (Å²) in [5.74, 6) is -1.21. The van der Waals surface area contributed by atoms with E-state index in [2.05, 4.69) is 0 Å². The maximum absolute atomic E-state index is 14.0. The molecule has 0 radical (unpaired) electrons. The molecule has 170 valence electrons. The van der Waals surface area contributed by atoms with Gasteiger partial charge in [0.15, 0.2) is 0 Å². The fraction of sp³-hybridized carbons (Fsp3) is 0.391. The molecule has 0 N–H and O–H groups in total. The third-order valence-electron chi connectivity index (χ3n) is 6.00. The number of halogens is 3. The lowest BCUT2D eigenvalue weighted by Gasteiger charge is -2.38. The maximum atomic E-state index is 14.0. The van der Waals surface area contributed by atoms with Gasteiger partial charge in [-0.25, -0.2) is 8.78 Å². The molecule has 2 amide bonds. The van der Waals surface area contributed by atoms with Gasteiger partial charge in [-0.1, -0.05) is 23.7 Å². The lowest BCUT2D eigenvalue weighted by Crippen LogP contribution is -2.54. The summed E-state index contributed by atoms with van der Waals surface area (Å²) in [5, 5.41) is 0.314. The summed E-state index contributed by atoms with van der Waals surface area (Å²) in [6, 6.07) is 10.6. The third kappa shape index (κ3) is 5.02.